The first kappa shape index (κ1) is 11.3. The Labute approximate surface area is 69.0 Å². The number of allylic oxidation sites excluding steroid dienone is 1. The predicted octanol–water partition coefficient (Wildman–Crippen LogP) is -1.77. The molecule has 0 aromatic heterocycles. The zero-order chi connectivity index (χ0) is 5.91. The summed E-state index contributed by atoms with van der Waals surface area (Å²) in [5, 5.41) is 0. The van der Waals surface area contributed by atoms with E-state index in [1.807, 2.05) is 6.92 Å². The van der Waals surface area contributed by atoms with Crippen molar-refractivity contribution in [2.45, 2.75) is 6.92 Å². The number of hydrogen-bond donors (Lipinski definition) is 0. The van der Waals surface area contributed by atoms with E-state index >= 15 is 0 Å². The van der Waals surface area contributed by atoms with Crippen LogP contribution >= 0.6 is 0 Å². The van der Waals surface area contributed by atoms with Gasteiger partial charge >= 0.3 is 0 Å². The highest BCUT2D eigenvalue weighted by Gasteiger charge is 1.95. The molecule has 0 aromatic carbocycles. The van der Waals surface area contributed by atoms with Gasteiger partial charge in [0.25, 0.3) is 0 Å². The summed E-state index contributed by atoms with van der Waals surface area (Å²) in [6.07, 6.45) is 4.18. The van der Waals surface area contributed by atoms with Crippen molar-refractivity contribution >= 4 is 0 Å². The molecule has 0 aliphatic rings. The Morgan fingerprint density at radius 3 is 1.50 bits per heavy atom. The molecule has 0 rings (SSSR count). The molecule has 0 aliphatic carbocycles. The van der Waals surface area contributed by atoms with Crippen LogP contribution in [0.15, 0.2) is 12.3 Å². The minimum atomic E-state index is 0. The maximum Gasteiger partial charge on any atom is 0.0908 e. The molecule has 50 valence electrons. The van der Waals surface area contributed by atoms with Gasteiger partial charge in [0.15, 0.2) is 0 Å². The van der Waals surface area contributed by atoms with Gasteiger partial charge in [-0.15, -0.1) is 0 Å². The zero-order valence-electron chi connectivity index (χ0n) is 5.98. The standard InChI is InChI=1S/C6H14N.HI/c1-5-6-7(2,3)4;/h5-6H,1-4H3;1H/q+1;/p-1. The summed E-state index contributed by atoms with van der Waals surface area (Å²) in [4.78, 5) is 0. The summed E-state index contributed by atoms with van der Waals surface area (Å²) in [7, 11) is 6.38. The molecule has 0 spiro atoms. The number of halogens is 1. The van der Waals surface area contributed by atoms with Crippen molar-refractivity contribution < 1.29 is 28.5 Å². The first-order chi connectivity index (χ1) is 3.06. The second kappa shape index (κ2) is 4.32. The van der Waals surface area contributed by atoms with Crippen molar-refractivity contribution in [3.8, 4) is 0 Å². The van der Waals surface area contributed by atoms with Gasteiger partial charge in [-0.2, -0.15) is 0 Å². The summed E-state index contributed by atoms with van der Waals surface area (Å²) < 4.78 is 0.913. The van der Waals surface area contributed by atoms with E-state index in [9.17, 15) is 0 Å². The Morgan fingerprint density at radius 2 is 1.50 bits per heavy atom. The van der Waals surface area contributed by atoms with Gasteiger partial charge in [0.2, 0.25) is 0 Å². The maximum atomic E-state index is 2.12. The van der Waals surface area contributed by atoms with Crippen LogP contribution in [0.3, 0.4) is 0 Å². The van der Waals surface area contributed by atoms with Gasteiger partial charge in [-0.25, -0.2) is 0 Å². The molecule has 0 fully saturated rings. The van der Waals surface area contributed by atoms with Crippen molar-refractivity contribution in [3.05, 3.63) is 12.3 Å². The van der Waals surface area contributed by atoms with E-state index in [1.54, 1.807) is 0 Å². The predicted molar refractivity (Wildman–Crippen MR) is 32.8 cm³/mol. The Balaban J connectivity index is 0. The number of quaternary nitrogens is 1. The summed E-state index contributed by atoms with van der Waals surface area (Å²) in [6, 6.07) is 0. The third-order valence-electron chi connectivity index (χ3n) is 0.596. The molecular weight excluding hydrogens is 213 g/mol. The third-order valence-corrected chi connectivity index (χ3v) is 0.596. The third kappa shape index (κ3) is 9.66. The van der Waals surface area contributed by atoms with E-state index in [4.69, 9.17) is 0 Å². The fraction of sp³-hybridized carbons (Fsp3) is 0.667. The fourth-order valence-electron chi connectivity index (χ4n) is 0.447. The van der Waals surface area contributed by atoms with Gasteiger partial charge in [0.05, 0.1) is 27.3 Å². The van der Waals surface area contributed by atoms with Crippen LogP contribution in [-0.4, -0.2) is 25.6 Å². The zero-order valence-corrected chi connectivity index (χ0v) is 8.14. The topological polar surface area (TPSA) is 0 Å². The van der Waals surface area contributed by atoms with Crippen LogP contribution in [0.4, 0.5) is 0 Å². The summed E-state index contributed by atoms with van der Waals surface area (Å²) in [5.74, 6) is 0. The van der Waals surface area contributed by atoms with Crippen LogP contribution in [0.25, 0.3) is 0 Å². The van der Waals surface area contributed by atoms with Gasteiger partial charge in [0, 0.05) is 0 Å². The molecule has 0 saturated carbocycles. The average Bonchev–Trinajstić information content (AvgIpc) is 1.30. The molecule has 8 heavy (non-hydrogen) atoms. The van der Waals surface area contributed by atoms with Gasteiger partial charge in [0.1, 0.15) is 0 Å². The van der Waals surface area contributed by atoms with Crippen molar-refractivity contribution in [1.82, 2.24) is 0 Å². The quantitative estimate of drug-likeness (QED) is 0.367. The van der Waals surface area contributed by atoms with E-state index in [-0.39, 0.29) is 24.0 Å². The number of rotatable bonds is 1. The lowest BCUT2D eigenvalue weighted by Gasteiger charge is -2.16. The normalized spacial score (nSPS) is 11.5. The van der Waals surface area contributed by atoms with Gasteiger partial charge < -0.3 is 28.5 Å². The fourth-order valence-corrected chi connectivity index (χ4v) is 0.447. The Kier molecular flexibility index (Phi) is 6.08. The van der Waals surface area contributed by atoms with Crippen LogP contribution < -0.4 is 24.0 Å². The van der Waals surface area contributed by atoms with Crippen LogP contribution in [-0.2, 0) is 0 Å². The number of hydrogen-bond acceptors (Lipinski definition) is 0. The molecule has 0 N–H and O–H groups in total. The first-order valence-electron chi connectivity index (χ1n) is 2.51. The molecule has 0 heterocycles. The molecule has 0 aromatic rings. The largest absolute Gasteiger partial charge is 1.00 e. The van der Waals surface area contributed by atoms with Crippen LogP contribution in [0.2, 0.25) is 0 Å². The SMILES string of the molecule is CC=C[N+](C)(C)C.[I-]. The van der Waals surface area contributed by atoms with E-state index in [1.165, 1.54) is 0 Å². The van der Waals surface area contributed by atoms with Gasteiger partial charge in [-0.05, 0) is 13.0 Å². The smallest absolute Gasteiger partial charge is 0.0908 e. The highest BCUT2D eigenvalue weighted by molar-refractivity contribution is 4.64. The second-order valence-corrected chi connectivity index (χ2v) is 2.60. The van der Waals surface area contributed by atoms with Gasteiger partial charge in [-0.3, -0.25) is 0 Å². The molecule has 0 saturated heterocycles. The molecule has 1 nitrogen and oxygen atoms in total. The lowest BCUT2D eigenvalue weighted by atomic mass is 10.6. The van der Waals surface area contributed by atoms with Crippen LogP contribution in [0.1, 0.15) is 6.92 Å². The monoisotopic (exact) mass is 227 g/mol. The summed E-state index contributed by atoms with van der Waals surface area (Å²) >= 11 is 0. The minimum absolute atomic E-state index is 0. The summed E-state index contributed by atoms with van der Waals surface area (Å²) in [6.45, 7) is 2.03. The van der Waals surface area contributed by atoms with E-state index in [2.05, 4.69) is 33.4 Å². The van der Waals surface area contributed by atoms with Crippen molar-refractivity contribution in [2.24, 2.45) is 0 Å². The molecule has 2 heteroatoms. The highest BCUT2D eigenvalue weighted by Crippen LogP contribution is 1.88. The lowest BCUT2D eigenvalue weighted by Crippen LogP contribution is -3.00. The Bertz CT molecular complexity index is 71.1. The molecule has 0 aliphatic heterocycles. The molecule has 0 atom stereocenters. The van der Waals surface area contributed by atoms with E-state index in [0.717, 1.165) is 4.48 Å². The molecule has 0 amide bonds. The van der Waals surface area contributed by atoms with Crippen molar-refractivity contribution in [1.29, 1.82) is 0 Å². The molecule has 0 bridgehead atoms. The Hall–Kier alpha value is 0.430. The minimum Gasteiger partial charge on any atom is -1.00 e. The molecule has 0 unspecified atom stereocenters. The van der Waals surface area contributed by atoms with Crippen LogP contribution in [0, 0.1) is 0 Å². The lowest BCUT2D eigenvalue weighted by molar-refractivity contribution is -0.817. The first-order valence-corrected chi connectivity index (χ1v) is 2.51. The van der Waals surface area contributed by atoms with E-state index < -0.39 is 0 Å². The summed E-state index contributed by atoms with van der Waals surface area (Å²) in [5.41, 5.74) is 0. The molecular formula is C6H14IN. The molecule has 0 radical (unpaired) electrons. The second-order valence-electron chi connectivity index (χ2n) is 2.60. The van der Waals surface area contributed by atoms with E-state index in [0.29, 0.717) is 0 Å². The van der Waals surface area contributed by atoms with Crippen molar-refractivity contribution in [2.75, 3.05) is 21.1 Å². The number of nitrogens with zero attached hydrogens (tertiary/aromatic N) is 1. The highest BCUT2D eigenvalue weighted by atomic mass is 127. The van der Waals surface area contributed by atoms with Gasteiger partial charge in [-0.1, -0.05) is 0 Å². The Morgan fingerprint density at radius 1 is 1.12 bits per heavy atom. The maximum absolute atomic E-state index is 2.12. The van der Waals surface area contributed by atoms with Crippen molar-refractivity contribution in [3.63, 3.8) is 0 Å². The van der Waals surface area contributed by atoms with Crippen LogP contribution in [0.5, 0.6) is 0 Å². The average molecular weight is 227 g/mol.